The first-order valence-electron chi connectivity index (χ1n) is 3.92. The molecule has 1 rings (SSSR count). The predicted molar refractivity (Wildman–Crippen MR) is 56.4 cm³/mol. The van der Waals surface area contributed by atoms with Gasteiger partial charge in [-0.05, 0) is 31.2 Å². The van der Waals surface area contributed by atoms with Crippen molar-refractivity contribution in [3.63, 3.8) is 0 Å². The van der Waals surface area contributed by atoms with Crippen LogP contribution in [-0.4, -0.2) is 5.75 Å². The van der Waals surface area contributed by atoms with Crippen LogP contribution >= 0.6 is 11.8 Å². The minimum absolute atomic E-state index is 0.824. The third-order valence-corrected chi connectivity index (χ3v) is 2.43. The molecule has 0 amide bonds. The Hall–Kier alpha value is -0.890. The summed E-state index contributed by atoms with van der Waals surface area (Å²) in [6.45, 7) is 2.03. The van der Waals surface area contributed by atoms with Crippen LogP contribution in [0.1, 0.15) is 6.92 Å². The molecule has 64 valence electrons. The Balaban J connectivity index is 2.47. The average molecular weight is 179 g/mol. The highest BCUT2D eigenvalue weighted by atomic mass is 32.2. The summed E-state index contributed by atoms with van der Waals surface area (Å²) in [6, 6.07) is 7.95. The van der Waals surface area contributed by atoms with Crippen LogP contribution in [0.5, 0.6) is 0 Å². The van der Waals surface area contributed by atoms with E-state index in [1.807, 2.05) is 43.0 Å². The first kappa shape index (κ1) is 9.20. The smallest absolute Gasteiger partial charge is 0.0314 e. The molecule has 0 saturated carbocycles. The first-order chi connectivity index (χ1) is 5.83. The second-order valence-corrected chi connectivity index (χ2v) is 3.54. The molecule has 0 bridgehead atoms. The van der Waals surface area contributed by atoms with Gasteiger partial charge in [-0.25, -0.2) is 0 Å². The number of rotatable bonds is 3. The van der Waals surface area contributed by atoms with Gasteiger partial charge in [-0.3, -0.25) is 0 Å². The number of allylic oxidation sites excluding steroid dienone is 1. The maximum Gasteiger partial charge on any atom is 0.0314 e. The molecule has 2 heteroatoms. The summed E-state index contributed by atoms with van der Waals surface area (Å²) in [7, 11) is 0. The number of hydrogen-bond donors (Lipinski definition) is 1. The third-order valence-electron chi connectivity index (χ3n) is 1.46. The maximum absolute atomic E-state index is 5.56. The molecule has 0 saturated heterocycles. The fourth-order valence-electron chi connectivity index (χ4n) is 0.805. The molecule has 0 fully saturated rings. The number of benzene rings is 1. The van der Waals surface area contributed by atoms with Crippen LogP contribution in [0.2, 0.25) is 0 Å². The van der Waals surface area contributed by atoms with Crippen LogP contribution in [0, 0.1) is 0 Å². The van der Waals surface area contributed by atoms with Crippen LogP contribution in [-0.2, 0) is 0 Å². The second-order valence-electron chi connectivity index (χ2n) is 2.45. The molecule has 0 aliphatic heterocycles. The number of anilines is 1. The summed E-state index contributed by atoms with van der Waals surface area (Å²) < 4.78 is 0. The van der Waals surface area contributed by atoms with Crippen molar-refractivity contribution in [2.24, 2.45) is 0 Å². The Labute approximate surface area is 77.7 Å². The van der Waals surface area contributed by atoms with Gasteiger partial charge in [-0.1, -0.05) is 12.2 Å². The molecule has 0 unspecified atom stereocenters. The number of nitrogens with two attached hydrogens (primary N) is 1. The summed E-state index contributed by atoms with van der Waals surface area (Å²) >= 11 is 1.81. The van der Waals surface area contributed by atoms with Crippen LogP contribution in [0.3, 0.4) is 0 Å². The minimum atomic E-state index is 0.824. The van der Waals surface area contributed by atoms with Gasteiger partial charge in [0.25, 0.3) is 0 Å². The molecular formula is C10H13NS. The molecule has 0 aliphatic rings. The van der Waals surface area contributed by atoms with Gasteiger partial charge in [0.15, 0.2) is 0 Å². The van der Waals surface area contributed by atoms with Crippen LogP contribution in [0.25, 0.3) is 0 Å². The third kappa shape index (κ3) is 3.01. The topological polar surface area (TPSA) is 26.0 Å². The highest BCUT2D eigenvalue weighted by Gasteiger charge is 1.90. The van der Waals surface area contributed by atoms with E-state index in [9.17, 15) is 0 Å². The van der Waals surface area contributed by atoms with E-state index in [1.165, 1.54) is 4.90 Å². The summed E-state index contributed by atoms with van der Waals surface area (Å²) in [5.74, 6) is 1.03. The molecular weight excluding hydrogens is 166 g/mol. The minimum Gasteiger partial charge on any atom is -0.399 e. The maximum atomic E-state index is 5.56. The highest BCUT2D eigenvalue weighted by molar-refractivity contribution is 7.99. The first-order valence-corrected chi connectivity index (χ1v) is 4.91. The van der Waals surface area contributed by atoms with Crippen LogP contribution < -0.4 is 5.73 Å². The Bertz CT molecular complexity index is 251. The SMILES string of the molecule is C/C=C/CSc1ccc(N)cc1. The van der Waals surface area contributed by atoms with Crippen LogP contribution in [0.4, 0.5) is 5.69 Å². The average Bonchev–Trinajstić information content (AvgIpc) is 2.09. The molecule has 0 heterocycles. The lowest BCUT2D eigenvalue weighted by Crippen LogP contribution is -1.82. The fraction of sp³-hybridized carbons (Fsp3) is 0.200. The predicted octanol–water partition coefficient (Wildman–Crippen LogP) is 2.94. The van der Waals surface area contributed by atoms with E-state index in [1.54, 1.807) is 0 Å². The Morgan fingerprint density at radius 1 is 1.33 bits per heavy atom. The largest absolute Gasteiger partial charge is 0.399 e. The molecule has 0 atom stereocenters. The summed E-state index contributed by atoms with van der Waals surface area (Å²) in [5, 5.41) is 0. The molecule has 1 aromatic rings. The standard InChI is InChI=1S/C10H13NS/c1-2-3-8-12-10-6-4-9(11)5-7-10/h2-7H,8,11H2,1H3/b3-2+. The van der Waals surface area contributed by atoms with Crippen molar-refractivity contribution in [1.82, 2.24) is 0 Å². The van der Waals surface area contributed by atoms with Gasteiger partial charge in [0, 0.05) is 16.3 Å². The van der Waals surface area contributed by atoms with Gasteiger partial charge in [0.2, 0.25) is 0 Å². The monoisotopic (exact) mass is 179 g/mol. The Morgan fingerprint density at radius 3 is 2.58 bits per heavy atom. The van der Waals surface area contributed by atoms with Gasteiger partial charge in [0.05, 0.1) is 0 Å². The lowest BCUT2D eigenvalue weighted by atomic mass is 10.3. The van der Waals surface area contributed by atoms with Crippen molar-refractivity contribution >= 4 is 17.4 Å². The van der Waals surface area contributed by atoms with Gasteiger partial charge >= 0.3 is 0 Å². The van der Waals surface area contributed by atoms with Crippen molar-refractivity contribution in [2.45, 2.75) is 11.8 Å². The lowest BCUT2D eigenvalue weighted by molar-refractivity contribution is 1.46. The summed E-state index contributed by atoms with van der Waals surface area (Å²) in [4.78, 5) is 1.27. The molecule has 0 spiro atoms. The Kier molecular flexibility index (Phi) is 3.74. The normalized spacial score (nSPS) is 10.8. The molecule has 0 radical (unpaired) electrons. The number of hydrogen-bond acceptors (Lipinski definition) is 2. The van der Waals surface area contributed by atoms with Crippen LogP contribution in [0.15, 0.2) is 41.3 Å². The molecule has 1 aromatic carbocycles. The molecule has 0 aromatic heterocycles. The van der Waals surface area contributed by atoms with E-state index in [0.717, 1.165) is 11.4 Å². The van der Waals surface area contributed by atoms with Gasteiger partial charge in [-0.2, -0.15) is 0 Å². The zero-order valence-electron chi connectivity index (χ0n) is 7.16. The second kappa shape index (κ2) is 4.88. The van der Waals surface area contributed by atoms with E-state index in [0.29, 0.717) is 0 Å². The van der Waals surface area contributed by atoms with E-state index in [2.05, 4.69) is 12.2 Å². The van der Waals surface area contributed by atoms with Crippen molar-refractivity contribution < 1.29 is 0 Å². The zero-order valence-corrected chi connectivity index (χ0v) is 7.97. The van der Waals surface area contributed by atoms with E-state index >= 15 is 0 Å². The van der Waals surface area contributed by atoms with Crippen molar-refractivity contribution in [2.75, 3.05) is 11.5 Å². The van der Waals surface area contributed by atoms with E-state index in [-0.39, 0.29) is 0 Å². The van der Waals surface area contributed by atoms with Crippen molar-refractivity contribution in [3.05, 3.63) is 36.4 Å². The van der Waals surface area contributed by atoms with Gasteiger partial charge < -0.3 is 5.73 Å². The van der Waals surface area contributed by atoms with Gasteiger partial charge in [0.1, 0.15) is 0 Å². The Morgan fingerprint density at radius 2 is 2.00 bits per heavy atom. The number of thioether (sulfide) groups is 1. The zero-order chi connectivity index (χ0) is 8.81. The van der Waals surface area contributed by atoms with Crippen molar-refractivity contribution in [3.8, 4) is 0 Å². The molecule has 12 heavy (non-hydrogen) atoms. The lowest BCUT2D eigenvalue weighted by Gasteiger charge is -1.97. The van der Waals surface area contributed by atoms with E-state index < -0.39 is 0 Å². The summed E-state index contributed by atoms with van der Waals surface area (Å²) in [6.07, 6.45) is 4.20. The van der Waals surface area contributed by atoms with Crippen molar-refractivity contribution in [1.29, 1.82) is 0 Å². The van der Waals surface area contributed by atoms with E-state index in [4.69, 9.17) is 5.73 Å². The highest BCUT2D eigenvalue weighted by Crippen LogP contribution is 2.18. The molecule has 2 N–H and O–H groups in total. The van der Waals surface area contributed by atoms with Gasteiger partial charge in [-0.15, -0.1) is 11.8 Å². The fourth-order valence-corrected chi connectivity index (χ4v) is 1.61. The molecule has 0 aliphatic carbocycles. The summed E-state index contributed by atoms with van der Waals surface area (Å²) in [5.41, 5.74) is 6.38. The molecule has 1 nitrogen and oxygen atoms in total. The quantitative estimate of drug-likeness (QED) is 0.438. The number of nitrogen functional groups attached to an aromatic ring is 1.